The number of amides is 1. The maximum Gasteiger partial charge on any atom is 0.286 e. The highest BCUT2D eigenvalue weighted by Crippen LogP contribution is 2.38. The standard InChI is InChI=1S/C21H21FN4O3S2/c1-13-10-14(2)12-17(11-13)31(28,29)26-9-3-4-18(26)20-24-25-21(30-20)19(27)23-16-7-5-15(22)6-8-16/h5-8,10-12,18H,3-4,9H2,1-2H3,(H,23,27). The van der Waals surface area contributed by atoms with Gasteiger partial charge in [0.15, 0.2) is 0 Å². The molecular formula is C21H21FN4O3S2. The van der Waals surface area contributed by atoms with Crippen LogP contribution in [-0.4, -0.2) is 35.4 Å². The van der Waals surface area contributed by atoms with Gasteiger partial charge >= 0.3 is 0 Å². The van der Waals surface area contributed by atoms with Crippen LogP contribution in [0.1, 0.15) is 44.8 Å². The van der Waals surface area contributed by atoms with Crippen LogP contribution in [0.5, 0.6) is 0 Å². The Hall–Kier alpha value is -2.69. The zero-order valence-electron chi connectivity index (χ0n) is 17.0. The first kappa shape index (κ1) is 21.5. The van der Waals surface area contributed by atoms with Crippen LogP contribution in [0.25, 0.3) is 0 Å². The third-order valence-corrected chi connectivity index (χ3v) is 7.94. The molecule has 0 spiro atoms. The van der Waals surface area contributed by atoms with E-state index in [4.69, 9.17) is 0 Å². The Bertz CT molecular complexity index is 1210. The summed E-state index contributed by atoms with van der Waals surface area (Å²) in [6.45, 7) is 4.12. The maximum atomic E-state index is 13.3. The van der Waals surface area contributed by atoms with Crippen LogP contribution in [0.15, 0.2) is 47.4 Å². The number of nitrogens with one attached hydrogen (secondary N) is 1. The molecule has 1 aliphatic rings. The summed E-state index contributed by atoms with van der Waals surface area (Å²) in [5.74, 6) is -0.875. The van der Waals surface area contributed by atoms with E-state index in [0.29, 0.717) is 30.1 Å². The second-order valence-corrected chi connectivity index (χ2v) is 10.4. The van der Waals surface area contributed by atoms with Crippen molar-refractivity contribution in [3.63, 3.8) is 0 Å². The summed E-state index contributed by atoms with van der Waals surface area (Å²) < 4.78 is 41.1. The summed E-state index contributed by atoms with van der Waals surface area (Å²) in [5, 5.41) is 11.3. The van der Waals surface area contributed by atoms with Crippen LogP contribution in [0.3, 0.4) is 0 Å². The Labute approximate surface area is 184 Å². The minimum Gasteiger partial charge on any atom is -0.320 e. The lowest BCUT2D eigenvalue weighted by Crippen LogP contribution is -2.30. The quantitative estimate of drug-likeness (QED) is 0.620. The molecule has 2 heterocycles. The first-order chi connectivity index (χ1) is 14.7. The SMILES string of the molecule is Cc1cc(C)cc(S(=O)(=O)N2CCCC2c2nnc(C(=O)Nc3ccc(F)cc3)s2)c1. The third-order valence-electron chi connectivity index (χ3n) is 5.03. The van der Waals surface area contributed by atoms with Crippen LogP contribution < -0.4 is 5.32 Å². The number of aromatic nitrogens is 2. The Balaban J connectivity index is 1.56. The molecule has 7 nitrogen and oxygen atoms in total. The van der Waals surface area contributed by atoms with E-state index in [1.807, 2.05) is 19.9 Å². The van der Waals surface area contributed by atoms with Crippen molar-refractivity contribution in [1.29, 1.82) is 0 Å². The molecule has 1 atom stereocenters. The highest BCUT2D eigenvalue weighted by atomic mass is 32.2. The lowest BCUT2D eigenvalue weighted by molar-refractivity contribution is 0.102. The molecule has 3 aromatic rings. The summed E-state index contributed by atoms with van der Waals surface area (Å²) in [7, 11) is -3.71. The Morgan fingerprint density at radius 2 is 1.81 bits per heavy atom. The number of nitrogens with zero attached hydrogens (tertiary/aromatic N) is 3. The number of aryl methyl sites for hydroxylation is 2. The van der Waals surface area contributed by atoms with Crippen LogP contribution in [-0.2, 0) is 10.0 Å². The van der Waals surface area contributed by atoms with Gasteiger partial charge in [-0.2, -0.15) is 4.31 Å². The third kappa shape index (κ3) is 4.51. The van der Waals surface area contributed by atoms with E-state index in [0.717, 1.165) is 22.5 Å². The van der Waals surface area contributed by atoms with E-state index >= 15 is 0 Å². The number of benzene rings is 2. The summed E-state index contributed by atoms with van der Waals surface area (Å²) >= 11 is 1.07. The van der Waals surface area contributed by atoms with Gasteiger partial charge in [0.1, 0.15) is 10.8 Å². The van der Waals surface area contributed by atoms with E-state index in [-0.39, 0.29) is 9.90 Å². The zero-order valence-corrected chi connectivity index (χ0v) is 18.6. The molecule has 1 aliphatic heterocycles. The molecule has 10 heteroatoms. The minimum atomic E-state index is -3.71. The molecule has 4 rings (SSSR count). The first-order valence-electron chi connectivity index (χ1n) is 9.74. The minimum absolute atomic E-state index is 0.120. The van der Waals surface area contributed by atoms with Gasteiger partial charge in [-0.25, -0.2) is 12.8 Å². The number of carbonyl (C=O) groups excluding carboxylic acids is 1. The number of hydrogen-bond donors (Lipinski definition) is 1. The lowest BCUT2D eigenvalue weighted by atomic mass is 10.2. The Morgan fingerprint density at radius 1 is 1.13 bits per heavy atom. The maximum absolute atomic E-state index is 13.3. The van der Waals surface area contributed by atoms with E-state index < -0.39 is 27.8 Å². The predicted molar refractivity (Wildman–Crippen MR) is 116 cm³/mol. The second kappa shape index (κ2) is 8.45. The van der Waals surface area contributed by atoms with Gasteiger partial charge in [0.2, 0.25) is 15.0 Å². The van der Waals surface area contributed by atoms with Gasteiger partial charge in [-0.3, -0.25) is 4.79 Å². The molecule has 1 unspecified atom stereocenters. The molecule has 162 valence electrons. The molecule has 0 saturated carbocycles. The molecule has 1 aromatic heterocycles. The van der Waals surface area contributed by atoms with Crippen molar-refractivity contribution in [3.8, 4) is 0 Å². The van der Waals surface area contributed by atoms with Gasteiger partial charge in [0.25, 0.3) is 5.91 Å². The van der Waals surface area contributed by atoms with Gasteiger partial charge in [0, 0.05) is 12.2 Å². The van der Waals surface area contributed by atoms with Crippen molar-refractivity contribution < 1.29 is 17.6 Å². The van der Waals surface area contributed by atoms with Crippen LogP contribution in [0.2, 0.25) is 0 Å². The Kier molecular flexibility index (Phi) is 5.87. The van der Waals surface area contributed by atoms with Crippen LogP contribution in [0, 0.1) is 19.7 Å². The number of hydrogen-bond acceptors (Lipinski definition) is 6. The molecule has 1 amide bonds. The smallest absolute Gasteiger partial charge is 0.286 e. The fourth-order valence-corrected chi connectivity index (χ4v) is 6.47. The Morgan fingerprint density at radius 3 is 2.48 bits per heavy atom. The molecular weight excluding hydrogens is 439 g/mol. The molecule has 0 radical (unpaired) electrons. The monoisotopic (exact) mass is 460 g/mol. The van der Waals surface area contributed by atoms with Gasteiger partial charge in [0.05, 0.1) is 10.9 Å². The van der Waals surface area contributed by atoms with Crippen molar-refractivity contribution in [2.75, 3.05) is 11.9 Å². The summed E-state index contributed by atoms with van der Waals surface area (Å²) in [4.78, 5) is 12.7. The molecule has 0 bridgehead atoms. The fraction of sp³-hybridized carbons (Fsp3) is 0.286. The van der Waals surface area contributed by atoms with Crippen molar-refractivity contribution in [1.82, 2.24) is 14.5 Å². The predicted octanol–water partition coefficient (Wildman–Crippen LogP) is 4.07. The number of sulfonamides is 1. The van der Waals surface area contributed by atoms with Crippen molar-refractivity contribution in [2.24, 2.45) is 0 Å². The molecule has 1 saturated heterocycles. The van der Waals surface area contributed by atoms with Gasteiger partial charge in [-0.05, 0) is 74.2 Å². The van der Waals surface area contributed by atoms with Gasteiger partial charge in [-0.15, -0.1) is 10.2 Å². The van der Waals surface area contributed by atoms with Gasteiger partial charge < -0.3 is 5.32 Å². The van der Waals surface area contributed by atoms with Crippen molar-refractivity contribution >= 4 is 33.0 Å². The van der Waals surface area contributed by atoms with Gasteiger partial charge in [-0.1, -0.05) is 17.4 Å². The fourth-order valence-electron chi connectivity index (χ4n) is 3.67. The zero-order chi connectivity index (χ0) is 22.2. The van der Waals surface area contributed by atoms with E-state index in [2.05, 4.69) is 15.5 Å². The summed E-state index contributed by atoms with van der Waals surface area (Å²) in [6.07, 6.45) is 1.31. The molecule has 1 fully saturated rings. The summed E-state index contributed by atoms with van der Waals surface area (Å²) in [6, 6.07) is 10.2. The highest BCUT2D eigenvalue weighted by molar-refractivity contribution is 7.89. The van der Waals surface area contributed by atoms with Crippen molar-refractivity contribution in [3.05, 3.63) is 69.4 Å². The van der Waals surface area contributed by atoms with E-state index in [9.17, 15) is 17.6 Å². The average molecular weight is 461 g/mol. The normalized spacial score (nSPS) is 17.1. The van der Waals surface area contributed by atoms with E-state index in [1.165, 1.54) is 28.6 Å². The topological polar surface area (TPSA) is 92.3 Å². The average Bonchev–Trinajstić information content (AvgIpc) is 3.38. The molecule has 0 aliphatic carbocycles. The molecule has 31 heavy (non-hydrogen) atoms. The van der Waals surface area contributed by atoms with Crippen LogP contribution in [0.4, 0.5) is 10.1 Å². The number of halogens is 1. The van der Waals surface area contributed by atoms with E-state index in [1.54, 1.807) is 12.1 Å². The van der Waals surface area contributed by atoms with Crippen LogP contribution >= 0.6 is 11.3 Å². The highest BCUT2D eigenvalue weighted by Gasteiger charge is 2.38. The molecule has 2 aromatic carbocycles. The number of carbonyl (C=O) groups is 1. The van der Waals surface area contributed by atoms with Crippen molar-refractivity contribution in [2.45, 2.75) is 37.6 Å². The largest absolute Gasteiger partial charge is 0.320 e. The number of rotatable bonds is 5. The molecule has 1 N–H and O–H groups in total. The number of anilines is 1. The lowest BCUT2D eigenvalue weighted by Gasteiger charge is -2.22. The first-order valence-corrected chi connectivity index (χ1v) is 12.0. The summed E-state index contributed by atoms with van der Waals surface area (Å²) in [5.41, 5.74) is 2.19. The second-order valence-electron chi connectivity index (χ2n) is 7.50.